The molecule has 18 heavy (non-hydrogen) atoms. The maximum atomic E-state index is 12.6. The van der Waals surface area contributed by atoms with Crippen LogP contribution >= 0.6 is 0 Å². The van der Waals surface area contributed by atoms with Gasteiger partial charge in [-0.1, -0.05) is 60.7 Å². The van der Waals surface area contributed by atoms with E-state index in [2.05, 4.69) is 24.3 Å². The van der Waals surface area contributed by atoms with Crippen molar-refractivity contribution in [2.24, 2.45) is 0 Å². The lowest BCUT2D eigenvalue weighted by Crippen LogP contribution is -2.35. The Labute approximate surface area is 108 Å². The van der Waals surface area contributed by atoms with Crippen molar-refractivity contribution in [2.45, 2.75) is 30.8 Å². The third-order valence-electron chi connectivity index (χ3n) is 4.16. The molecule has 0 saturated heterocycles. The highest BCUT2D eigenvalue weighted by atomic mass is 16.3. The molecule has 0 bridgehead atoms. The molecule has 0 amide bonds. The molecule has 1 aliphatic rings. The Balaban J connectivity index is 2.17. The summed E-state index contributed by atoms with van der Waals surface area (Å²) in [6, 6.07) is 20.6. The molecule has 0 aliphatic heterocycles. The average Bonchev–Trinajstić information content (AvgIpc) is 2.84. The molecule has 1 atom stereocenters. The Morgan fingerprint density at radius 1 is 0.833 bits per heavy atom. The Bertz CT molecular complexity index is 464. The summed E-state index contributed by atoms with van der Waals surface area (Å²) in [4.78, 5) is 0. The minimum Gasteiger partial charge on any atom is -0.232 e. The molecule has 1 aliphatic carbocycles. The highest BCUT2D eigenvalue weighted by Gasteiger charge is 2.45. The van der Waals surface area contributed by atoms with Crippen LogP contribution in [-0.4, -0.2) is 6.10 Å². The third-order valence-corrected chi connectivity index (χ3v) is 4.16. The molecule has 1 heteroatoms. The minimum absolute atomic E-state index is 0.317. The normalized spacial score (nSPS) is 21.9. The van der Waals surface area contributed by atoms with E-state index in [1.165, 1.54) is 11.1 Å². The molecule has 0 heterocycles. The van der Waals surface area contributed by atoms with Crippen LogP contribution in [-0.2, 0) is 10.5 Å². The molecule has 0 aromatic heterocycles. The first-order valence-electron chi connectivity index (χ1n) is 6.61. The smallest absolute Gasteiger partial charge is 0.107 e. The quantitative estimate of drug-likeness (QED) is 0.753. The first-order valence-corrected chi connectivity index (χ1v) is 6.61. The first kappa shape index (κ1) is 11.5. The molecule has 1 saturated carbocycles. The zero-order chi connectivity index (χ0) is 12.4. The standard InChI is InChI=1S/C17H17O/c18-16-12-7-13-17(16,14-8-3-1-4-9-14)15-10-5-2-6-11-15/h1-6,8-11,16H,7,12-13H2. The fourth-order valence-corrected chi connectivity index (χ4v) is 3.27. The van der Waals surface area contributed by atoms with Gasteiger partial charge in [-0.25, -0.2) is 5.11 Å². The Morgan fingerprint density at radius 2 is 1.33 bits per heavy atom. The van der Waals surface area contributed by atoms with Crippen molar-refractivity contribution in [3.8, 4) is 0 Å². The summed E-state index contributed by atoms with van der Waals surface area (Å²) in [5.74, 6) is 0. The minimum atomic E-state index is -0.526. The topological polar surface area (TPSA) is 19.9 Å². The van der Waals surface area contributed by atoms with Crippen LogP contribution in [0.3, 0.4) is 0 Å². The van der Waals surface area contributed by atoms with Crippen molar-refractivity contribution < 1.29 is 5.11 Å². The molecule has 91 valence electrons. The van der Waals surface area contributed by atoms with Gasteiger partial charge in [0.15, 0.2) is 0 Å². The fraction of sp³-hybridized carbons (Fsp3) is 0.294. The van der Waals surface area contributed by atoms with Crippen LogP contribution in [0.15, 0.2) is 60.7 Å². The van der Waals surface area contributed by atoms with Crippen LogP contribution in [0.25, 0.3) is 0 Å². The molecule has 0 spiro atoms. The lowest BCUT2D eigenvalue weighted by atomic mass is 9.71. The second kappa shape index (κ2) is 4.58. The number of hydrogen-bond donors (Lipinski definition) is 0. The summed E-state index contributed by atoms with van der Waals surface area (Å²) >= 11 is 0. The largest absolute Gasteiger partial charge is 0.232 e. The van der Waals surface area contributed by atoms with Crippen LogP contribution in [0, 0.1) is 0 Å². The predicted octanol–water partition coefficient (Wildman–Crippen LogP) is 3.96. The zero-order valence-electron chi connectivity index (χ0n) is 10.4. The lowest BCUT2D eigenvalue weighted by Gasteiger charge is -2.33. The Morgan fingerprint density at radius 3 is 1.72 bits per heavy atom. The van der Waals surface area contributed by atoms with Gasteiger partial charge in [-0.3, -0.25) is 0 Å². The summed E-state index contributed by atoms with van der Waals surface area (Å²) in [5.41, 5.74) is 2.03. The van der Waals surface area contributed by atoms with E-state index in [1.807, 2.05) is 36.4 Å². The molecule has 2 aromatic carbocycles. The van der Waals surface area contributed by atoms with Crippen molar-refractivity contribution in [1.29, 1.82) is 0 Å². The number of hydrogen-bond acceptors (Lipinski definition) is 0. The number of rotatable bonds is 2. The maximum Gasteiger partial charge on any atom is 0.107 e. The number of benzene rings is 2. The van der Waals surface area contributed by atoms with E-state index in [0.717, 1.165) is 19.3 Å². The van der Waals surface area contributed by atoms with Gasteiger partial charge in [0, 0.05) is 5.41 Å². The second-order valence-corrected chi connectivity index (χ2v) is 5.08. The van der Waals surface area contributed by atoms with E-state index in [9.17, 15) is 5.11 Å². The van der Waals surface area contributed by atoms with Crippen LogP contribution < -0.4 is 0 Å². The van der Waals surface area contributed by atoms with Crippen molar-refractivity contribution in [3.05, 3.63) is 71.8 Å². The molecular formula is C17H17O. The van der Waals surface area contributed by atoms with Crippen molar-refractivity contribution in [1.82, 2.24) is 0 Å². The lowest BCUT2D eigenvalue weighted by molar-refractivity contribution is 0.0520. The zero-order valence-corrected chi connectivity index (χ0v) is 10.4. The third kappa shape index (κ3) is 1.67. The summed E-state index contributed by atoms with van der Waals surface area (Å²) in [6.45, 7) is 0. The van der Waals surface area contributed by atoms with Gasteiger partial charge < -0.3 is 0 Å². The molecule has 1 radical (unpaired) electrons. The van der Waals surface area contributed by atoms with E-state index in [-0.39, 0.29) is 5.41 Å². The molecular weight excluding hydrogens is 220 g/mol. The fourth-order valence-electron chi connectivity index (χ4n) is 3.27. The van der Waals surface area contributed by atoms with Gasteiger partial charge in [0.1, 0.15) is 6.10 Å². The van der Waals surface area contributed by atoms with Crippen LogP contribution in [0.1, 0.15) is 30.4 Å². The van der Waals surface area contributed by atoms with Gasteiger partial charge in [0.2, 0.25) is 0 Å². The molecule has 1 fully saturated rings. The highest BCUT2D eigenvalue weighted by molar-refractivity contribution is 5.42. The Kier molecular flexibility index (Phi) is 2.92. The monoisotopic (exact) mass is 237 g/mol. The summed E-state index contributed by atoms with van der Waals surface area (Å²) in [5, 5.41) is 12.6. The summed E-state index contributed by atoms with van der Waals surface area (Å²) < 4.78 is 0. The Hall–Kier alpha value is -1.60. The highest BCUT2D eigenvalue weighted by Crippen LogP contribution is 2.46. The average molecular weight is 237 g/mol. The van der Waals surface area contributed by atoms with Crippen molar-refractivity contribution in [3.63, 3.8) is 0 Å². The van der Waals surface area contributed by atoms with Crippen LogP contribution in [0.2, 0.25) is 0 Å². The summed E-state index contributed by atoms with van der Waals surface area (Å²) in [7, 11) is 0. The summed E-state index contributed by atoms with van der Waals surface area (Å²) in [6.07, 6.45) is 2.25. The van der Waals surface area contributed by atoms with Crippen molar-refractivity contribution >= 4 is 0 Å². The van der Waals surface area contributed by atoms with E-state index in [0.29, 0.717) is 0 Å². The maximum absolute atomic E-state index is 12.6. The van der Waals surface area contributed by atoms with Gasteiger partial charge in [0.25, 0.3) is 0 Å². The van der Waals surface area contributed by atoms with E-state index >= 15 is 0 Å². The van der Waals surface area contributed by atoms with Crippen LogP contribution in [0.5, 0.6) is 0 Å². The van der Waals surface area contributed by atoms with E-state index < -0.39 is 6.10 Å². The molecule has 3 rings (SSSR count). The van der Waals surface area contributed by atoms with Gasteiger partial charge in [0.05, 0.1) is 0 Å². The van der Waals surface area contributed by atoms with Gasteiger partial charge in [-0.05, 0) is 30.4 Å². The molecule has 1 nitrogen and oxygen atoms in total. The van der Waals surface area contributed by atoms with Crippen LogP contribution in [0.4, 0.5) is 0 Å². The molecule has 0 N–H and O–H groups in total. The van der Waals surface area contributed by atoms with Gasteiger partial charge in [-0.2, -0.15) is 0 Å². The predicted molar refractivity (Wildman–Crippen MR) is 72.0 cm³/mol. The molecule has 1 unspecified atom stereocenters. The van der Waals surface area contributed by atoms with Gasteiger partial charge in [-0.15, -0.1) is 0 Å². The second-order valence-electron chi connectivity index (χ2n) is 5.08. The molecule has 2 aromatic rings. The SMILES string of the molecule is [O]C1CCCC1(c1ccccc1)c1ccccc1. The van der Waals surface area contributed by atoms with Gasteiger partial charge >= 0.3 is 0 Å². The van der Waals surface area contributed by atoms with E-state index in [1.54, 1.807) is 0 Å². The van der Waals surface area contributed by atoms with E-state index in [4.69, 9.17) is 0 Å². The first-order chi connectivity index (χ1) is 8.84. The van der Waals surface area contributed by atoms with Crippen molar-refractivity contribution in [2.75, 3.05) is 0 Å².